The molecule has 3 N–H and O–H groups in total. The van der Waals surface area contributed by atoms with E-state index in [0.717, 1.165) is 18.5 Å². The summed E-state index contributed by atoms with van der Waals surface area (Å²) in [6, 6.07) is 4.39. The monoisotopic (exact) mass is 271 g/mol. The van der Waals surface area contributed by atoms with Crippen LogP contribution >= 0.6 is 0 Å². The normalized spacial score (nSPS) is 11.3. The molecule has 0 aliphatic rings. The Bertz CT molecular complexity index is 607. The van der Waals surface area contributed by atoms with E-state index >= 15 is 0 Å². The van der Waals surface area contributed by atoms with Crippen molar-refractivity contribution >= 4 is 11.8 Å². The van der Waals surface area contributed by atoms with E-state index in [0.29, 0.717) is 0 Å². The predicted molar refractivity (Wildman–Crippen MR) is 59.4 cm³/mol. The van der Waals surface area contributed by atoms with Gasteiger partial charge in [0.2, 0.25) is 0 Å². The van der Waals surface area contributed by atoms with Crippen LogP contribution in [0.2, 0.25) is 0 Å². The van der Waals surface area contributed by atoms with Gasteiger partial charge in [-0.3, -0.25) is 0 Å². The molecule has 0 saturated carbocycles. The van der Waals surface area contributed by atoms with E-state index in [1.807, 2.05) is 0 Å². The predicted octanol–water partition coefficient (Wildman–Crippen LogP) is 2.23. The lowest BCUT2D eigenvalue weighted by atomic mass is 10.2. The minimum atomic E-state index is -4.61. The molecule has 100 valence electrons. The summed E-state index contributed by atoms with van der Waals surface area (Å²) in [6.07, 6.45) is -3.47. The molecule has 0 spiro atoms. The van der Waals surface area contributed by atoms with Crippen molar-refractivity contribution in [1.29, 1.82) is 0 Å². The lowest BCUT2D eigenvalue weighted by Gasteiger charge is -2.11. The zero-order valence-electron chi connectivity index (χ0n) is 9.36. The zero-order valence-corrected chi connectivity index (χ0v) is 9.36. The highest BCUT2D eigenvalue weighted by atomic mass is 19.4. The minimum absolute atomic E-state index is 0.144. The summed E-state index contributed by atoms with van der Waals surface area (Å²) in [7, 11) is 0. The van der Waals surface area contributed by atoms with Crippen LogP contribution in [0.5, 0.6) is 5.75 Å². The van der Waals surface area contributed by atoms with Crippen LogP contribution in [0.15, 0.2) is 30.6 Å². The SMILES string of the molecule is Nc1nc[nH]c1C(=O)Oc1ccccc1C(F)(F)F. The average molecular weight is 271 g/mol. The van der Waals surface area contributed by atoms with Crippen LogP contribution in [0.3, 0.4) is 0 Å². The highest BCUT2D eigenvalue weighted by Crippen LogP contribution is 2.36. The van der Waals surface area contributed by atoms with E-state index in [2.05, 4.69) is 14.7 Å². The van der Waals surface area contributed by atoms with Gasteiger partial charge in [0.1, 0.15) is 5.75 Å². The van der Waals surface area contributed by atoms with Crippen molar-refractivity contribution in [2.45, 2.75) is 6.18 Å². The number of nitrogen functional groups attached to an aromatic ring is 1. The van der Waals surface area contributed by atoms with E-state index < -0.39 is 23.5 Å². The Morgan fingerprint density at radius 3 is 2.58 bits per heavy atom. The van der Waals surface area contributed by atoms with Gasteiger partial charge >= 0.3 is 12.1 Å². The molecule has 0 fully saturated rings. The third-order valence-corrected chi connectivity index (χ3v) is 2.27. The number of para-hydroxylation sites is 1. The zero-order chi connectivity index (χ0) is 14.0. The van der Waals surface area contributed by atoms with Gasteiger partial charge in [0, 0.05) is 0 Å². The first-order valence-electron chi connectivity index (χ1n) is 5.07. The molecule has 1 heterocycles. The number of aromatic amines is 1. The number of rotatable bonds is 2. The Hall–Kier alpha value is -2.51. The number of alkyl halides is 3. The van der Waals surface area contributed by atoms with Crippen LogP contribution in [0.25, 0.3) is 0 Å². The second-order valence-corrected chi connectivity index (χ2v) is 3.55. The molecule has 0 atom stereocenters. The smallest absolute Gasteiger partial charge is 0.419 e. The van der Waals surface area contributed by atoms with Gasteiger partial charge in [0.25, 0.3) is 0 Å². The Morgan fingerprint density at radius 1 is 1.32 bits per heavy atom. The number of ether oxygens (including phenoxy) is 1. The molecule has 8 heteroatoms. The second-order valence-electron chi connectivity index (χ2n) is 3.55. The topological polar surface area (TPSA) is 81.0 Å². The molecular formula is C11H8F3N3O2. The first-order chi connectivity index (χ1) is 8.89. The van der Waals surface area contributed by atoms with Crippen LogP contribution in [-0.4, -0.2) is 15.9 Å². The summed E-state index contributed by atoms with van der Waals surface area (Å²) in [5.41, 5.74) is 4.12. The molecule has 0 radical (unpaired) electrons. The lowest BCUT2D eigenvalue weighted by molar-refractivity contribution is -0.138. The molecule has 1 aromatic heterocycles. The fourth-order valence-corrected chi connectivity index (χ4v) is 1.41. The first kappa shape index (κ1) is 12.9. The van der Waals surface area contributed by atoms with E-state index in [9.17, 15) is 18.0 Å². The molecule has 1 aromatic carbocycles. The van der Waals surface area contributed by atoms with E-state index in [4.69, 9.17) is 5.73 Å². The van der Waals surface area contributed by atoms with E-state index in [1.54, 1.807) is 0 Å². The maximum atomic E-state index is 12.7. The molecule has 0 aliphatic carbocycles. The number of nitrogens with one attached hydrogen (secondary N) is 1. The fraction of sp³-hybridized carbons (Fsp3) is 0.0909. The lowest BCUT2D eigenvalue weighted by Crippen LogP contribution is -2.15. The third kappa shape index (κ3) is 2.67. The highest BCUT2D eigenvalue weighted by molar-refractivity contribution is 5.93. The summed E-state index contributed by atoms with van der Waals surface area (Å²) >= 11 is 0. The molecular weight excluding hydrogens is 263 g/mol. The van der Waals surface area contributed by atoms with Crippen molar-refractivity contribution in [3.63, 3.8) is 0 Å². The van der Waals surface area contributed by atoms with Gasteiger partial charge < -0.3 is 15.5 Å². The number of hydrogen-bond donors (Lipinski definition) is 2. The van der Waals surface area contributed by atoms with Crippen LogP contribution in [-0.2, 0) is 6.18 Å². The van der Waals surface area contributed by atoms with Crippen molar-refractivity contribution in [2.75, 3.05) is 5.73 Å². The number of nitrogens with zero attached hydrogens (tertiary/aromatic N) is 1. The summed E-state index contributed by atoms with van der Waals surface area (Å²) in [6.45, 7) is 0. The molecule has 0 bridgehead atoms. The summed E-state index contributed by atoms with van der Waals surface area (Å²) < 4.78 is 42.7. The number of carbonyl (C=O) groups is 1. The Labute approximate surface area is 105 Å². The summed E-state index contributed by atoms with van der Waals surface area (Å²) in [5.74, 6) is -1.77. The summed E-state index contributed by atoms with van der Waals surface area (Å²) in [5, 5.41) is 0. The molecule has 0 amide bonds. The summed E-state index contributed by atoms with van der Waals surface area (Å²) in [4.78, 5) is 17.6. The van der Waals surface area contributed by atoms with Crippen LogP contribution < -0.4 is 10.5 Å². The number of imidazole rings is 1. The molecule has 5 nitrogen and oxygen atoms in total. The molecule has 19 heavy (non-hydrogen) atoms. The first-order valence-corrected chi connectivity index (χ1v) is 5.07. The van der Waals surface area contributed by atoms with Crippen molar-refractivity contribution in [3.05, 3.63) is 41.9 Å². The second kappa shape index (κ2) is 4.63. The quantitative estimate of drug-likeness (QED) is 0.648. The molecule has 2 aromatic rings. The van der Waals surface area contributed by atoms with Crippen LogP contribution in [0.4, 0.5) is 19.0 Å². The van der Waals surface area contributed by atoms with Gasteiger partial charge in [-0.1, -0.05) is 12.1 Å². The molecule has 0 saturated heterocycles. The van der Waals surface area contributed by atoms with Crippen molar-refractivity contribution < 1.29 is 22.7 Å². The van der Waals surface area contributed by atoms with Gasteiger partial charge in [-0.25, -0.2) is 9.78 Å². The minimum Gasteiger partial charge on any atom is -0.421 e. The van der Waals surface area contributed by atoms with Crippen molar-refractivity contribution in [2.24, 2.45) is 0 Å². The van der Waals surface area contributed by atoms with Crippen molar-refractivity contribution in [1.82, 2.24) is 9.97 Å². The maximum Gasteiger partial charge on any atom is 0.419 e. The Kier molecular flexibility index (Phi) is 3.16. The number of esters is 1. The van der Waals surface area contributed by atoms with Crippen molar-refractivity contribution in [3.8, 4) is 5.75 Å². The highest BCUT2D eigenvalue weighted by Gasteiger charge is 2.34. The fourth-order valence-electron chi connectivity index (χ4n) is 1.41. The number of hydrogen-bond acceptors (Lipinski definition) is 4. The number of H-pyrrole nitrogens is 1. The molecule has 0 unspecified atom stereocenters. The van der Waals surface area contributed by atoms with Gasteiger partial charge in [-0.2, -0.15) is 13.2 Å². The Morgan fingerprint density at radius 2 is 2.00 bits per heavy atom. The van der Waals surface area contributed by atoms with E-state index in [1.165, 1.54) is 12.1 Å². The number of aromatic nitrogens is 2. The molecule has 2 rings (SSSR count). The van der Waals surface area contributed by atoms with Gasteiger partial charge in [0.15, 0.2) is 11.5 Å². The standard InChI is InChI=1S/C11H8F3N3O2/c12-11(13,14)6-3-1-2-4-7(6)19-10(18)8-9(15)17-5-16-8/h1-5H,15H2,(H,16,17). The van der Waals surface area contributed by atoms with Gasteiger partial charge in [-0.15, -0.1) is 0 Å². The van der Waals surface area contributed by atoms with Crippen LogP contribution in [0, 0.1) is 0 Å². The Balaban J connectivity index is 2.30. The van der Waals surface area contributed by atoms with Gasteiger partial charge in [-0.05, 0) is 12.1 Å². The molecule has 0 aliphatic heterocycles. The average Bonchev–Trinajstić information content (AvgIpc) is 2.75. The maximum absolute atomic E-state index is 12.7. The van der Waals surface area contributed by atoms with Crippen LogP contribution in [0.1, 0.15) is 16.1 Å². The number of nitrogens with two attached hydrogens (primary N) is 1. The number of carbonyl (C=O) groups excluding carboxylic acids is 1. The third-order valence-electron chi connectivity index (χ3n) is 2.27. The van der Waals surface area contributed by atoms with Gasteiger partial charge in [0.05, 0.1) is 11.9 Å². The van der Waals surface area contributed by atoms with E-state index in [-0.39, 0.29) is 11.5 Å². The number of anilines is 1. The largest absolute Gasteiger partial charge is 0.421 e. The number of benzene rings is 1. The number of halogens is 3.